The molecule has 0 aliphatic carbocycles. The Hall–Kier alpha value is -2.52. The van der Waals surface area contributed by atoms with Crippen LogP contribution in [0, 0.1) is 5.41 Å². The van der Waals surface area contributed by atoms with E-state index in [-0.39, 0.29) is 5.91 Å². The Balaban J connectivity index is 0.000000433. The maximum absolute atomic E-state index is 11.1. The highest BCUT2D eigenvalue weighted by atomic mass is 32.9. The van der Waals surface area contributed by atoms with Crippen molar-refractivity contribution in [3.05, 3.63) is 29.8 Å². The molecular formula is C14H14N4O3S2. The number of carboxylic acid groups (broad SMARTS) is 1. The van der Waals surface area contributed by atoms with E-state index in [2.05, 4.69) is 15.3 Å². The third kappa shape index (κ3) is 4.02. The Morgan fingerprint density at radius 3 is 2.65 bits per heavy atom. The molecule has 0 atom stereocenters. The SMILES string of the molecule is CC(=O)Nc1nc2c(=N)c3[nH]ccccc3c2ss1.CC(=O)O. The van der Waals surface area contributed by atoms with Crippen molar-refractivity contribution in [1.29, 1.82) is 5.41 Å². The van der Waals surface area contributed by atoms with Gasteiger partial charge in [-0.05, 0) is 16.4 Å². The van der Waals surface area contributed by atoms with Crippen molar-refractivity contribution in [2.24, 2.45) is 0 Å². The van der Waals surface area contributed by atoms with E-state index in [1.807, 2.05) is 18.2 Å². The van der Waals surface area contributed by atoms with E-state index >= 15 is 0 Å². The van der Waals surface area contributed by atoms with E-state index in [1.165, 1.54) is 27.6 Å². The van der Waals surface area contributed by atoms with Crippen LogP contribution in [-0.4, -0.2) is 27.0 Å². The average Bonchev–Trinajstić information content (AvgIpc) is 2.64. The summed E-state index contributed by atoms with van der Waals surface area (Å²) < 4.78 is 0.964. The minimum atomic E-state index is -0.833. The third-order valence-corrected chi connectivity index (χ3v) is 4.85. The van der Waals surface area contributed by atoms with E-state index in [0.29, 0.717) is 16.0 Å². The smallest absolute Gasteiger partial charge is 0.300 e. The number of carbonyl (C=O) groups is 2. The summed E-state index contributed by atoms with van der Waals surface area (Å²) >= 11 is 0. The highest BCUT2D eigenvalue weighted by Gasteiger charge is 2.11. The predicted molar refractivity (Wildman–Crippen MR) is 91.6 cm³/mol. The molecule has 0 aliphatic rings. The van der Waals surface area contributed by atoms with Crippen molar-refractivity contribution in [3.63, 3.8) is 0 Å². The highest BCUT2D eigenvalue weighted by molar-refractivity contribution is 7.73. The first-order valence-corrected chi connectivity index (χ1v) is 8.63. The molecule has 3 rings (SSSR count). The number of anilines is 1. The lowest BCUT2D eigenvalue weighted by Crippen LogP contribution is -2.07. The number of carbonyl (C=O) groups excluding carboxylic acids is 1. The predicted octanol–water partition coefficient (Wildman–Crippen LogP) is 2.93. The fraction of sp³-hybridized carbons (Fsp3) is 0.143. The Kier molecular flexibility index (Phi) is 5.24. The van der Waals surface area contributed by atoms with Gasteiger partial charge in [0, 0.05) is 25.4 Å². The second-order valence-electron chi connectivity index (χ2n) is 4.49. The molecule has 120 valence electrons. The van der Waals surface area contributed by atoms with Gasteiger partial charge in [0.2, 0.25) is 5.91 Å². The first-order chi connectivity index (χ1) is 10.9. The van der Waals surface area contributed by atoms with Gasteiger partial charge in [-0.15, -0.1) is 0 Å². The van der Waals surface area contributed by atoms with Crippen LogP contribution in [0.3, 0.4) is 0 Å². The molecular weight excluding hydrogens is 336 g/mol. The van der Waals surface area contributed by atoms with Gasteiger partial charge in [-0.3, -0.25) is 15.0 Å². The number of rotatable bonds is 1. The third-order valence-electron chi connectivity index (χ3n) is 2.61. The van der Waals surface area contributed by atoms with Crippen molar-refractivity contribution in [1.82, 2.24) is 9.97 Å². The molecule has 0 aliphatic heterocycles. The van der Waals surface area contributed by atoms with Gasteiger partial charge >= 0.3 is 0 Å². The molecule has 7 nitrogen and oxygen atoms in total. The highest BCUT2D eigenvalue weighted by Crippen LogP contribution is 2.30. The van der Waals surface area contributed by atoms with Crippen LogP contribution in [0.1, 0.15) is 13.8 Å². The number of aromatic nitrogens is 2. The van der Waals surface area contributed by atoms with Crippen LogP contribution in [0.2, 0.25) is 0 Å². The molecule has 3 aromatic rings. The number of nitrogens with zero attached hydrogens (tertiary/aromatic N) is 1. The second kappa shape index (κ2) is 7.16. The molecule has 0 bridgehead atoms. The molecule has 0 saturated heterocycles. The number of hydrogen-bond acceptors (Lipinski definition) is 6. The number of aliphatic carboxylic acids is 1. The zero-order valence-corrected chi connectivity index (χ0v) is 14.0. The van der Waals surface area contributed by atoms with E-state index in [9.17, 15) is 4.79 Å². The zero-order chi connectivity index (χ0) is 17.0. The van der Waals surface area contributed by atoms with Gasteiger partial charge < -0.3 is 15.4 Å². The van der Waals surface area contributed by atoms with E-state index < -0.39 is 5.97 Å². The van der Waals surface area contributed by atoms with Crippen LogP contribution in [0.15, 0.2) is 24.4 Å². The monoisotopic (exact) mass is 350 g/mol. The maximum Gasteiger partial charge on any atom is 0.300 e. The lowest BCUT2D eigenvalue weighted by atomic mass is 10.4. The summed E-state index contributed by atoms with van der Waals surface area (Å²) in [7, 11) is 2.91. The molecule has 0 unspecified atom stereocenters. The van der Waals surface area contributed by atoms with Gasteiger partial charge in [0.25, 0.3) is 5.97 Å². The summed E-state index contributed by atoms with van der Waals surface area (Å²) in [6, 6.07) is 5.78. The fourth-order valence-corrected chi connectivity index (χ4v) is 4.04. The summed E-state index contributed by atoms with van der Waals surface area (Å²) in [6.45, 7) is 2.53. The molecule has 0 radical (unpaired) electrons. The number of nitrogens with one attached hydrogen (secondary N) is 3. The van der Waals surface area contributed by atoms with E-state index in [1.54, 1.807) is 6.20 Å². The number of aromatic amines is 1. The first kappa shape index (κ1) is 16.8. The molecule has 1 aromatic carbocycles. The second-order valence-corrected chi connectivity index (χ2v) is 6.62. The van der Waals surface area contributed by atoms with Crippen LogP contribution in [0.5, 0.6) is 0 Å². The molecule has 0 spiro atoms. The number of hydrogen-bond donors (Lipinski definition) is 4. The topological polar surface area (TPSA) is 119 Å². The molecule has 2 aromatic heterocycles. The van der Waals surface area contributed by atoms with E-state index in [4.69, 9.17) is 15.3 Å². The molecule has 23 heavy (non-hydrogen) atoms. The van der Waals surface area contributed by atoms with Crippen LogP contribution in [-0.2, 0) is 9.59 Å². The number of H-pyrrole nitrogens is 1. The van der Waals surface area contributed by atoms with Crippen LogP contribution in [0.4, 0.5) is 5.13 Å². The normalized spacial score (nSPS) is 10.0. The Morgan fingerprint density at radius 2 is 2.00 bits per heavy atom. The Bertz CT molecular complexity index is 952. The quantitative estimate of drug-likeness (QED) is 0.504. The molecule has 2 heterocycles. The van der Waals surface area contributed by atoms with Crippen LogP contribution in [0.25, 0.3) is 21.1 Å². The minimum Gasteiger partial charge on any atom is -0.481 e. The molecule has 4 N–H and O–H groups in total. The Morgan fingerprint density at radius 1 is 1.30 bits per heavy atom. The van der Waals surface area contributed by atoms with Gasteiger partial charge in [-0.1, -0.05) is 22.5 Å². The van der Waals surface area contributed by atoms with Crippen molar-refractivity contribution in [2.75, 3.05) is 5.32 Å². The molecule has 1 amide bonds. The van der Waals surface area contributed by atoms with Gasteiger partial charge in [-0.2, -0.15) is 0 Å². The lowest BCUT2D eigenvalue weighted by molar-refractivity contribution is -0.134. The summed E-state index contributed by atoms with van der Waals surface area (Å²) in [5, 5.41) is 20.1. The summed E-state index contributed by atoms with van der Waals surface area (Å²) in [6.07, 6.45) is 1.79. The largest absolute Gasteiger partial charge is 0.481 e. The van der Waals surface area contributed by atoms with Gasteiger partial charge in [0.15, 0.2) is 5.13 Å². The van der Waals surface area contributed by atoms with Crippen molar-refractivity contribution in [2.45, 2.75) is 13.8 Å². The average molecular weight is 350 g/mol. The zero-order valence-electron chi connectivity index (χ0n) is 12.3. The number of amides is 1. The summed E-state index contributed by atoms with van der Waals surface area (Å²) in [5.74, 6) is -0.990. The maximum atomic E-state index is 11.1. The fourth-order valence-electron chi connectivity index (χ4n) is 1.85. The van der Waals surface area contributed by atoms with Crippen molar-refractivity contribution in [3.8, 4) is 0 Å². The van der Waals surface area contributed by atoms with Gasteiger partial charge in [0.1, 0.15) is 10.9 Å². The van der Waals surface area contributed by atoms with Gasteiger partial charge in [-0.25, -0.2) is 4.98 Å². The molecule has 0 saturated carbocycles. The number of fused-ring (bicyclic) bond motifs is 3. The summed E-state index contributed by atoms with van der Waals surface area (Å²) in [4.78, 5) is 27.5. The molecule has 0 fully saturated rings. The molecule has 9 heteroatoms. The minimum absolute atomic E-state index is 0.157. The van der Waals surface area contributed by atoms with Gasteiger partial charge in [0.05, 0.1) is 10.2 Å². The lowest BCUT2D eigenvalue weighted by Gasteiger charge is -1.98. The van der Waals surface area contributed by atoms with Crippen LogP contribution >= 0.6 is 20.7 Å². The summed E-state index contributed by atoms with van der Waals surface area (Å²) in [5.41, 5.74) is 1.38. The first-order valence-electron chi connectivity index (χ1n) is 6.48. The number of carboxylic acids is 1. The van der Waals surface area contributed by atoms with Crippen molar-refractivity contribution >= 4 is 58.8 Å². The van der Waals surface area contributed by atoms with Crippen molar-refractivity contribution < 1.29 is 14.7 Å². The standard InChI is InChI=1S/C12H10N4OS2.C2H4O2/c1-6(17)15-12-16-10-8(13)9-7(11(10)18-19-12)4-2-3-5-14-9;1-2(3)4/h2-5,13-14H,1H3,(H,15,16,17);1H3,(H,3,4). The Labute approximate surface area is 138 Å². The van der Waals surface area contributed by atoms with E-state index in [0.717, 1.165) is 22.5 Å². The van der Waals surface area contributed by atoms with Crippen LogP contribution < -0.4 is 10.7 Å².